The maximum atomic E-state index is 5.93. The predicted molar refractivity (Wildman–Crippen MR) is 105 cm³/mol. The number of hydrogen-bond acceptors (Lipinski definition) is 6. The van der Waals surface area contributed by atoms with Gasteiger partial charge >= 0.3 is 0 Å². The van der Waals surface area contributed by atoms with Gasteiger partial charge in [0.1, 0.15) is 5.82 Å². The van der Waals surface area contributed by atoms with Gasteiger partial charge in [0.05, 0.1) is 10.9 Å². The van der Waals surface area contributed by atoms with Crippen LogP contribution in [0.15, 0.2) is 57.4 Å². The van der Waals surface area contributed by atoms with Crippen molar-refractivity contribution >= 4 is 26.8 Å². The summed E-state index contributed by atoms with van der Waals surface area (Å²) in [6.45, 7) is 4.23. The van der Waals surface area contributed by atoms with Crippen LogP contribution in [0.2, 0.25) is 0 Å². The standard InChI is InChI=1S/C20H17BrN4O2/c1-12(2)18-22-16-9-8-14(21)10-15(16)20(23-18)26-11-17-24-25-19(27-17)13-6-4-3-5-7-13/h3-10,12H,11H2,1-2H3. The number of benzene rings is 2. The Morgan fingerprint density at radius 3 is 2.63 bits per heavy atom. The first kappa shape index (κ1) is 17.6. The molecule has 0 aliphatic rings. The lowest BCUT2D eigenvalue weighted by molar-refractivity contribution is 0.257. The summed E-state index contributed by atoms with van der Waals surface area (Å²) in [7, 11) is 0. The molecule has 0 N–H and O–H groups in total. The van der Waals surface area contributed by atoms with E-state index in [1.165, 1.54) is 0 Å². The van der Waals surface area contributed by atoms with Gasteiger partial charge in [0.15, 0.2) is 6.61 Å². The Morgan fingerprint density at radius 1 is 1.04 bits per heavy atom. The number of ether oxygens (including phenoxy) is 1. The fourth-order valence-corrected chi connectivity index (χ4v) is 2.96. The van der Waals surface area contributed by atoms with Gasteiger partial charge in [-0.3, -0.25) is 0 Å². The highest BCUT2D eigenvalue weighted by Crippen LogP contribution is 2.28. The third-order valence-corrected chi connectivity index (χ3v) is 4.47. The van der Waals surface area contributed by atoms with E-state index in [1.54, 1.807) is 0 Å². The molecule has 4 rings (SSSR count). The van der Waals surface area contributed by atoms with Crippen molar-refractivity contribution in [3.05, 3.63) is 64.7 Å². The maximum absolute atomic E-state index is 5.93. The largest absolute Gasteiger partial charge is 0.467 e. The molecule has 2 aromatic heterocycles. The first-order valence-corrected chi connectivity index (χ1v) is 9.37. The van der Waals surface area contributed by atoms with Gasteiger partial charge < -0.3 is 9.15 Å². The van der Waals surface area contributed by atoms with Crippen LogP contribution in [0.25, 0.3) is 22.4 Å². The van der Waals surface area contributed by atoms with E-state index in [-0.39, 0.29) is 12.5 Å². The van der Waals surface area contributed by atoms with Crippen molar-refractivity contribution in [2.24, 2.45) is 0 Å². The van der Waals surface area contributed by atoms with Crippen LogP contribution in [0.1, 0.15) is 31.5 Å². The Labute approximate surface area is 164 Å². The number of nitrogens with zero attached hydrogens (tertiary/aromatic N) is 4. The van der Waals surface area contributed by atoms with Crippen molar-refractivity contribution in [3.8, 4) is 17.3 Å². The molecule has 0 spiro atoms. The summed E-state index contributed by atoms with van der Waals surface area (Å²) in [6.07, 6.45) is 0. The lowest BCUT2D eigenvalue weighted by Crippen LogP contribution is -2.04. The van der Waals surface area contributed by atoms with Crippen LogP contribution >= 0.6 is 15.9 Å². The Kier molecular flexibility index (Phi) is 4.85. The normalized spacial score (nSPS) is 11.3. The first-order chi connectivity index (χ1) is 13.1. The van der Waals surface area contributed by atoms with Gasteiger partial charge in [-0.2, -0.15) is 4.98 Å². The van der Waals surface area contributed by atoms with Gasteiger partial charge in [-0.1, -0.05) is 48.0 Å². The van der Waals surface area contributed by atoms with Crippen LogP contribution in [-0.2, 0) is 6.61 Å². The molecule has 0 fully saturated rings. The minimum absolute atomic E-state index is 0.135. The molecule has 6 nitrogen and oxygen atoms in total. The molecule has 2 aromatic carbocycles. The topological polar surface area (TPSA) is 73.9 Å². The van der Waals surface area contributed by atoms with E-state index >= 15 is 0 Å². The van der Waals surface area contributed by atoms with E-state index < -0.39 is 0 Å². The molecule has 0 unspecified atom stereocenters. The van der Waals surface area contributed by atoms with Crippen LogP contribution in [0.4, 0.5) is 0 Å². The SMILES string of the molecule is CC(C)c1nc(OCc2nnc(-c3ccccc3)o2)c2cc(Br)ccc2n1. The monoisotopic (exact) mass is 424 g/mol. The van der Waals surface area contributed by atoms with Gasteiger partial charge in [-0.25, -0.2) is 4.98 Å². The summed E-state index contributed by atoms with van der Waals surface area (Å²) in [5, 5.41) is 8.98. The Hall–Kier alpha value is -2.80. The van der Waals surface area contributed by atoms with Crippen molar-refractivity contribution in [1.82, 2.24) is 20.2 Å². The average molecular weight is 425 g/mol. The molecule has 0 saturated carbocycles. The fourth-order valence-electron chi connectivity index (χ4n) is 2.60. The molecule has 0 aliphatic heterocycles. The zero-order valence-electron chi connectivity index (χ0n) is 14.9. The molecular weight excluding hydrogens is 408 g/mol. The zero-order valence-corrected chi connectivity index (χ0v) is 16.5. The highest BCUT2D eigenvalue weighted by Gasteiger charge is 2.14. The summed E-state index contributed by atoms with van der Waals surface area (Å²) >= 11 is 3.49. The minimum Gasteiger partial charge on any atom is -0.467 e. The Bertz CT molecular complexity index is 1080. The molecule has 27 heavy (non-hydrogen) atoms. The predicted octanol–water partition coefficient (Wildman–Crippen LogP) is 5.14. The molecule has 4 aromatic rings. The fraction of sp³-hybridized carbons (Fsp3) is 0.200. The number of aromatic nitrogens is 4. The quantitative estimate of drug-likeness (QED) is 0.441. The van der Waals surface area contributed by atoms with Crippen LogP contribution in [0.3, 0.4) is 0 Å². The van der Waals surface area contributed by atoms with Crippen molar-refractivity contribution < 1.29 is 9.15 Å². The molecule has 2 heterocycles. The zero-order chi connectivity index (χ0) is 18.8. The summed E-state index contributed by atoms with van der Waals surface area (Å²) in [5.74, 6) is 2.28. The third kappa shape index (κ3) is 3.83. The molecule has 136 valence electrons. The second kappa shape index (κ2) is 7.44. The van der Waals surface area contributed by atoms with E-state index in [0.717, 1.165) is 26.8 Å². The van der Waals surface area contributed by atoms with Gasteiger partial charge in [-0.15, -0.1) is 10.2 Å². The highest BCUT2D eigenvalue weighted by atomic mass is 79.9. The minimum atomic E-state index is 0.135. The van der Waals surface area contributed by atoms with Crippen molar-refractivity contribution in [2.45, 2.75) is 26.4 Å². The number of hydrogen-bond donors (Lipinski definition) is 0. The molecule has 0 atom stereocenters. The molecular formula is C20H17BrN4O2. The van der Waals surface area contributed by atoms with E-state index in [0.29, 0.717) is 17.7 Å². The average Bonchev–Trinajstić information content (AvgIpc) is 3.15. The third-order valence-electron chi connectivity index (χ3n) is 3.98. The molecule has 0 saturated heterocycles. The van der Waals surface area contributed by atoms with Crippen LogP contribution in [0, 0.1) is 0 Å². The smallest absolute Gasteiger partial charge is 0.254 e. The van der Waals surface area contributed by atoms with Crippen LogP contribution < -0.4 is 4.74 Å². The van der Waals surface area contributed by atoms with E-state index in [1.807, 2.05) is 62.4 Å². The highest BCUT2D eigenvalue weighted by molar-refractivity contribution is 9.10. The lowest BCUT2D eigenvalue weighted by Gasteiger charge is -2.11. The van der Waals surface area contributed by atoms with Gasteiger partial charge in [0.25, 0.3) is 5.89 Å². The van der Waals surface area contributed by atoms with Gasteiger partial charge in [0, 0.05) is 16.0 Å². The maximum Gasteiger partial charge on any atom is 0.254 e. The van der Waals surface area contributed by atoms with Crippen molar-refractivity contribution in [2.75, 3.05) is 0 Å². The van der Waals surface area contributed by atoms with Gasteiger partial charge in [-0.05, 0) is 30.3 Å². The Balaban J connectivity index is 1.62. The van der Waals surface area contributed by atoms with Crippen molar-refractivity contribution in [3.63, 3.8) is 0 Å². The van der Waals surface area contributed by atoms with E-state index in [9.17, 15) is 0 Å². The second-order valence-electron chi connectivity index (χ2n) is 6.36. The summed E-state index contributed by atoms with van der Waals surface area (Å²) < 4.78 is 12.6. The molecule has 7 heteroatoms. The number of rotatable bonds is 5. The molecule has 0 radical (unpaired) electrons. The molecule has 0 aliphatic carbocycles. The Morgan fingerprint density at radius 2 is 1.85 bits per heavy atom. The van der Waals surface area contributed by atoms with Gasteiger partial charge in [0.2, 0.25) is 11.8 Å². The van der Waals surface area contributed by atoms with E-state index in [2.05, 4.69) is 36.1 Å². The lowest BCUT2D eigenvalue weighted by atomic mass is 10.2. The number of halogens is 1. The summed E-state index contributed by atoms with van der Waals surface area (Å²) in [5.41, 5.74) is 1.71. The molecule has 0 bridgehead atoms. The summed E-state index contributed by atoms with van der Waals surface area (Å²) in [6, 6.07) is 15.5. The van der Waals surface area contributed by atoms with E-state index in [4.69, 9.17) is 9.15 Å². The number of fused-ring (bicyclic) bond motifs is 1. The van der Waals surface area contributed by atoms with Crippen LogP contribution in [-0.4, -0.2) is 20.2 Å². The van der Waals surface area contributed by atoms with Crippen LogP contribution in [0.5, 0.6) is 5.88 Å². The second-order valence-corrected chi connectivity index (χ2v) is 7.27. The van der Waals surface area contributed by atoms with Crippen molar-refractivity contribution in [1.29, 1.82) is 0 Å². The summed E-state index contributed by atoms with van der Waals surface area (Å²) in [4.78, 5) is 9.19. The first-order valence-electron chi connectivity index (χ1n) is 8.58. The molecule has 0 amide bonds.